The molecule has 1 aromatic carbocycles. The van der Waals surface area contributed by atoms with Crippen LogP contribution in [0.2, 0.25) is 5.02 Å². The largest absolute Gasteiger partial charge is 0.481 e. The quantitative estimate of drug-likeness (QED) is 0.816. The molecule has 0 spiro atoms. The summed E-state index contributed by atoms with van der Waals surface area (Å²) in [6, 6.07) is 9.10. The minimum atomic E-state index is -0.855. The molecule has 1 saturated carbocycles. The van der Waals surface area contributed by atoms with E-state index in [1.165, 1.54) is 0 Å². The molecule has 2 aromatic rings. The highest BCUT2D eigenvalue weighted by atomic mass is 35.5. The number of thiazole rings is 1. The molecule has 1 amide bonds. The number of hydrogen-bond donors (Lipinski definition) is 2. The third-order valence-corrected chi connectivity index (χ3v) is 5.56. The molecule has 1 fully saturated rings. The second-order valence-electron chi connectivity index (χ2n) is 6.21. The Morgan fingerprint density at radius 1 is 1.35 bits per heavy atom. The fourth-order valence-electron chi connectivity index (χ4n) is 3.14. The van der Waals surface area contributed by atoms with Crippen molar-refractivity contribution in [1.29, 1.82) is 5.26 Å². The molecule has 0 unspecified atom stereocenters. The van der Waals surface area contributed by atoms with Crippen LogP contribution in [-0.4, -0.2) is 22.0 Å². The summed E-state index contributed by atoms with van der Waals surface area (Å²) in [6.45, 7) is 0. The maximum Gasteiger partial charge on any atom is 0.306 e. The van der Waals surface area contributed by atoms with Crippen molar-refractivity contribution in [2.75, 3.05) is 5.32 Å². The summed E-state index contributed by atoms with van der Waals surface area (Å²) in [7, 11) is 0. The van der Waals surface area contributed by atoms with E-state index in [2.05, 4.69) is 16.4 Å². The number of amides is 1. The highest BCUT2D eigenvalue weighted by molar-refractivity contribution is 7.16. The Balaban J connectivity index is 1.77. The number of carboxylic acids is 1. The van der Waals surface area contributed by atoms with Crippen LogP contribution in [0, 0.1) is 23.2 Å². The number of anilines is 1. The lowest BCUT2D eigenvalue weighted by Crippen LogP contribution is -2.30. The van der Waals surface area contributed by atoms with Crippen molar-refractivity contribution in [2.45, 2.75) is 25.7 Å². The Morgan fingerprint density at radius 2 is 2.12 bits per heavy atom. The zero-order chi connectivity index (χ0) is 18.7. The smallest absolute Gasteiger partial charge is 0.306 e. The molecule has 2 atom stereocenters. The van der Waals surface area contributed by atoms with E-state index < -0.39 is 11.9 Å². The van der Waals surface area contributed by atoms with Gasteiger partial charge in [-0.15, -0.1) is 0 Å². The van der Waals surface area contributed by atoms with Gasteiger partial charge in [0.2, 0.25) is 5.91 Å². The highest BCUT2D eigenvalue weighted by Gasteiger charge is 2.31. The van der Waals surface area contributed by atoms with Crippen molar-refractivity contribution < 1.29 is 14.7 Å². The van der Waals surface area contributed by atoms with E-state index in [0.717, 1.165) is 11.3 Å². The van der Waals surface area contributed by atoms with E-state index in [-0.39, 0.29) is 11.8 Å². The Hall–Kier alpha value is -2.43. The summed E-state index contributed by atoms with van der Waals surface area (Å²) >= 11 is 7.09. The minimum absolute atomic E-state index is 0.244. The van der Waals surface area contributed by atoms with Gasteiger partial charge >= 0.3 is 5.97 Å². The Labute approximate surface area is 159 Å². The highest BCUT2D eigenvalue weighted by Crippen LogP contribution is 2.34. The van der Waals surface area contributed by atoms with Gasteiger partial charge in [-0.2, -0.15) is 5.26 Å². The minimum Gasteiger partial charge on any atom is -0.481 e. The van der Waals surface area contributed by atoms with Gasteiger partial charge < -0.3 is 10.4 Å². The van der Waals surface area contributed by atoms with Crippen molar-refractivity contribution >= 4 is 39.9 Å². The number of benzene rings is 1. The molecule has 3 rings (SSSR count). The first kappa shape index (κ1) is 18.4. The van der Waals surface area contributed by atoms with Crippen LogP contribution in [-0.2, 0) is 9.59 Å². The second kappa shape index (κ2) is 7.85. The molecule has 0 saturated heterocycles. The molecular weight excluding hydrogens is 374 g/mol. The van der Waals surface area contributed by atoms with Crippen molar-refractivity contribution in [3.63, 3.8) is 0 Å². The Morgan fingerprint density at radius 3 is 2.81 bits per heavy atom. The van der Waals surface area contributed by atoms with Gasteiger partial charge in [0.1, 0.15) is 16.6 Å². The average Bonchev–Trinajstić information content (AvgIpc) is 3.04. The SMILES string of the molecule is N#Cc1sc(NC(=O)[C@H]2CCC[C@H](C(=O)O)C2)nc1-c1cccc(Cl)c1. The van der Waals surface area contributed by atoms with Crippen molar-refractivity contribution in [1.82, 2.24) is 4.98 Å². The molecule has 134 valence electrons. The van der Waals surface area contributed by atoms with E-state index >= 15 is 0 Å². The summed E-state index contributed by atoms with van der Waals surface area (Å²) in [5.74, 6) is -1.93. The van der Waals surface area contributed by atoms with Gasteiger partial charge in [0, 0.05) is 16.5 Å². The molecule has 2 N–H and O–H groups in total. The van der Waals surface area contributed by atoms with Gasteiger partial charge in [0.15, 0.2) is 5.13 Å². The number of halogens is 1. The zero-order valence-corrected chi connectivity index (χ0v) is 15.3. The molecule has 26 heavy (non-hydrogen) atoms. The lowest BCUT2D eigenvalue weighted by molar-refractivity contribution is -0.143. The molecule has 8 heteroatoms. The van der Waals surface area contributed by atoms with E-state index in [1.807, 2.05) is 0 Å². The third-order valence-electron chi connectivity index (χ3n) is 4.45. The molecular formula is C18H16ClN3O3S. The zero-order valence-electron chi connectivity index (χ0n) is 13.7. The van der Waals surface area contributed by atoms with Gasteiger partial charge in [0.05, 0.1) is 5.92 Å². The summed E-state index contributed by atoms with van der Waals surface area (Å²) in [5, 5.41) is 22.1. The van der Waals surface area contributed by atoms with Crippen molar-refractivity contribution in [3.05, 3.63) is 34.2 Å². The molecule has 1 aliphatic carbocycles. The number of aliphatic carboxylic acids is 1. The predicted octanol–water partition coefficient (Wildman–Crippen LogP) is 4.16. The van der Waals surface area contributed by atoms with E-state index in [0.29, 0.717) is 52.0 Å². The van der Waals surface area contributed by atoms with Gasteiger partial charge in [-0.05, 0) is 31.4 Å². The van der Waals surface area contributed by atoms with Crippen molar-refractivity contribution in [2.24, 2.45) is 11.8 Å². The number of rotatable bonds is 4. The van der Waals surface area contributed by atoms with Crippen molar-refractivity contribution in [3.8, 4) is 17.3 Å². The number of carbonyl (C=O) groups excluding carboxylic acids is 1. The van der Waals surface area contributed by atoms with Crippen LogP contribution in [0.1, 0.15) is 30.6 Å². The number of aromatic nitrogens is 1. The van der Waals surface area contributed by atoms with E-state index in [9.17, 15) is 14.9 Å². The van der Waals surface area contributed by atoms with Crippen LogP contribution in [0.4, 0.5) is 5.13 Å². The van der Waals surface area contributed by atoms with Gasteiger partial charge in [0.25, 0.3) is 0 Å². The lowest BCUT2D eigenvalue weighted by atomic mass is 9.81. The molecule has 0 radical (unpaired) electrons. The fourth-order valence-corrected chi connectivity index (χ4v) is 4.12. The van der Waals surface area contributed by atoms with E-state index in [1.54, 1.807) is 24.3 Å². The van der Waals surface area contributed by atoms with Gasteiger partial charge in [-0.25, -0.2) is 4.98 Å². The van der Waals surface area contributed by atoms with Crippen LogP contribution in [0.3, 0.4) is 0 Å². The molecule has 1 heterocycles. The molecule has 6 nitrogen and oxygen atoms in total. The number of carbonyl (C=O) groups is 2. The maximum atomic E-state index is 12.5. The summed E-state index contributed by atoms with van der Waals surface area (Å²) in [5.41, 5.74) is 1.18. The van der Waals surface area contributed by atoms with E-state index in [4.69, 9.17) is 16.7 Å². The molecule has 1 aliphatic rings. The Bertz CT molecular complexity index is 890. The van der Waals surface area contributed by atoms with Crippen LogP contribution in [0.5, 0.6) is 0 Å². The standard InChI is InChI=1S/C18H16ClN3O3S/c19-13-6-2-3-10(8-13)15-14(9-20)26-18(21-15)22-16(23)11-4-1-5-12(7-11)17(24)25/h2-3,6,8,11-12H,1,4-5,7H2,(H,24,25)(H,21,22,23)/t11-,12-/m0/s1. The predicted molar refractivity (Wildman–Crippen MR) is 99.0 cm³/mol. The first-order valence-electron chi connectivity index (χ1n) is 8.18. The molecule has 1 aromatic heterocycles. The first-order valence-corrected chi connectivity index (χ1v) is 9.38. The number of nitrogens with one attached hydrogen (secondary N) is 1. The maximum absolute atomic E-state index is 12.5. The van der Waals surface area contributed by atoms with Crippen LogP contribution < -0.4 is 5.32 Å². The first-order chi connectivity index (χ1) is 12.5. The van der Waals surface area contributed by atoms with Gasteiger partial charge in [-0.3, -0.25) is 9.59 Å². The number of hydrogen-bond acceptors (Lipinski definition) is 5. The number of nitrogens with zero attached hydrogens (tertiary/aromatic N) is 2. The van der Waals surface area contributed by atoms with Crippen LogP contribution in [0.25, 0.3) is 11.3 Å². The third kappa shape index (κ3) is 4.03. The lowest BCUT2D eigenvalue weighted by Gasteiger charge is -2.25. The number of nitriles is 1. The van der Waals surface area contributed by atoms with Crippen LogP contribution >= 0.6 is 22.9 Å². The molecule has 0 bridgehead atoms. The second-order valence-corrected chi connectivity index (χ2v) is 7.64. The normalized spacial score (nSPS) is 19.5. The summed E-state index contributed by atoms with van der Waals surface area (Å²) < 4.78 is 0. The average molecular weight is 390 g/mol. The summed E-state index contributed by atoms with van der Waals surface area (Å²) in [6.07, 6.45) is 2.31. The Kier molecular flexibility index (Phi) is 5.55. The number of carboxylic acid groups (broad SMARTS) is 1. The topological polar surface area (TPSA) is 103 Å². The van der Waals surface area contributed by atoms with Crippen LogP contribution in [0.15, 0.2) is 24.3 Å². The monoisotopic (exact) mass is 389 g/mol. The molecule has 0 aliphatic heterocycles. The van der Waals surface area contributed by atoms with Gasteiger partial charge in [-0.1, -0.05) is 41.5 Å². The fraction of sp³-hybridized carbons (Fsp3) is 0.333. The summed E-state index contributed by atoms with van der Waals surface area (Å²) in [4.78, 5) is 28.4.